The van der Waals surface area contributed by atoms with Crippen LogP contribution in [0.5, 0.6) is 5.75 Å². The average molecular weight is 818 g/mol. The molecule has 9 rings (SSSR count). The van der Waals surface area contributed by atoms with Crippen LogP contribution in [-0.2, 0) is 0 Å². The lowest BCUT2D eigenvalue weighted by Crippen LogP contribution is -2.71. The van der Waals surface area contributed by atoms with Crippen molar-refractivity contribution in [2.75, 3.05) is 4.57 Å². The molecule has 0 saturated carbocycles. The second-order valence-electron chi connectivity index (χ2n) is 17.6. The molecule has 0 spiro atoms. The summed E-state index contributed by atoms with van der Waals surface area (Å²) in [6.07, 6.45) is 8.42. The fraction of sp³-hybridized carbons (Fsp3) is 0.222. The van der Waals surface area contributed by atoms with Gasteiger partial charge in [-0.15, -0.1) is 0 Å². The fourth-order valence-corrected chi connectivity index (χ4v) is 13.2. The van der Waals surface area contributed by atoms with Crippen LogP contribution >= 0.6 is 0 Å². The Bertz CT molecular complexity index is 2730. The number of anilines is 2. The van der Waals surface area contributed by atoms with E-state index < -0.39 is 8.48 Å². The summed E-state index contributed by atoms with van der Waals surface area (Å²) < 4.78 is 14.0. The zero-order valence-electron chi connectivity index (χ0n) is 36.5. The van der Waals surface area contributed by atoms with Gasteiger partial charge in [0.1, 0.15) is 5.75 Å². The maximum Gasteiger partial charge on any atom is 0.433 e. The first kappa shape index (κ1) is 40.0. The number of fused-ring (bicyclic) bond motifs is 1. The third-order valence-corrected chi connectivity index (χ3v) is 16.1. The highest BCUT2D eigenvalue weighted by Crippen LogP contribution is 2.47. The minimum absolute atomic E-state index is 0.384. The molecule has 0 unspecified atom stereocenters. The van der Waals surface area contributed by atoms with Crippen LogP contribution in [0.4, 0.5) is 11.4 Å². The summed E-state index contributed by atoms with van der Waals surface area (Å²) in [5.41, 5.74) is 14.2. The standard InChI is InChI=1S/C54H55N5OSi/c1-36(2)47-24-16-25-48(37(3)4)53(47)40-32-55-57(34-40)42-18-15-19-44(30-42)59-51-31-43(58-35-41(33-56-58)54-49(38(5)6)26-17-27-50(54)39(7)8)28-29-52(51)60-61(59,45-20-11-9-12-21-45)46-22-13-10-14-23-46/h9-39H,1-8H3. The van der Waals surface area contributed by atoms with Gasteiger partial charge in [0.15, 0.2) is 0 Å². The Morgan fingerprint density at radius 1 is 0.443 bits per heavy atom. The van der Waals surface area contributed by atoms with Gasteiger partial charge in [-0.2, -0.15) is 10.2 Å². The lowest BCUT2D eigenvalue weighted by Gasteiger charge is -2.36. The molecule has 0 aliphatic carbocycles. The van der Waals surface area contributed by atoms with E-state index in [1.54, 1.807) is 0 Å². The van der Waals surface area contributed by atoms with E-state index in [4.69, 9.17) is 14.6 Å². The highest BCUT2D eigenvalue weighted by atomic mass is 28.4. The summed E-state index contributed by atoms with van der Waals surface area (Å²) in [5, 5.41) is 12.3. The quantitative estimate of drug-likeness (QED) is 0.122. The normalized spacial score (nSPS) is 13.4. The number of rotatable bonds is 11. The van der Waals surface area contributed by atoms with Crippen LogP contribution in [0.2, 0.25) is 0 Å². The Morgan fingerprint density at radius 3 is 1.33 bits per heavy atom. The van der Waals surface area contributed by atoms with Crippen molar-refractivity contribution in [3.05, 3.63) is 187 Å². The summed E-state index contributed by atoms with van der Waals surface area (Å²) in [4.78, 5) is 0. The maximum absolute atomic E-state index is 7.47. The molecule has 0 N–H and O–H groups in total. The van der Waals surface area contributed by atoms with Crippen LogP contribution in [0.1, 0.15) is 101 Å². The first-order chi connectivity index (χ1) is 29.5. The minimum atomic E-state index is -3.21. The molecule has 0 amide bonds. The molecular formula is C54H55N5OSi. The van der Waals surface area contributed by atoms with Gasteiger partial charge in [-0.05, 0) is 93.5 Å². The van der Waals surface area contributed by atoms with Crippen molar-refractivity contribution >= 4 is 30.2 Å². The summed E-state index contributed by atoms with van der Waals surface area (Å²) in [7, 11) is -3.21. The zero-order valence-corrected chi connectivity index (χ0v) is 37.5. The molecule has 0 atom stereocenters. The van der Waals surface area contributed by atoms with Gasteiger partial charge in [-0.25, -0.2) is 9.36 Å². The average Bonchev–Trinajstić information content (AvgIpc) is 4.05. The van der Waals surface area contributed by atoms with Crippen molar-refractivity contribution in [2.24, 2.45) is 0 Å². The van der Waals surface area contributed by atoms with Gasteiger partial charge >= 0.3 is 8.48 Å². The van der Waals surface area contributed by atoms with E-state index in [0.29, 0.717) is 23.7 Å². The number of benzene rings is 6. The van der Waals surface area contributed by atoms with E-state index in [9.17, 15) is 0 Å². The summed E-state index contributed by atoms with van der Waals surface area (Å²) >= 11 is 0. The molecule has 3 heterocycles. The SMILES string of the molecule is CC(C)c1cccc(C(C)C)c1-c1cnn(-c2cccc(N3c4cc(-n5cc(-c6c(C(C)C)cccc6C(C)C)cn5)ccc4O[Si]3(c3ccccc3)c3ccccc3)c2)c1. The molecule has 306 valence electrons. The van der Waals surface area contributed by atoms with Gasteiger partial charge in [0.05, 0.1) is 29.5 Å². The maximum atomic E-state index is 7.47. The van der Waals surface area contributed by atoms with E-state index in [2.05, 4.69) is 212 Å². The molecule has 2 aromatic heterocycles. The highest BCUT2D eigenvalue weighted by molar-refractivity contribution is 7.02. The van der Waals surface area contributed by atoms with Crippen molar-refractivity contribution in [3.63, 3.8) is 0 Å². The van der Waals surface area contributed by atoms with Crippen molar-refractivity contribution < 1.29 is 4.43 Å². The topological polar surface area (TPSA) is 48.1 Å². The van der Waals surface area contributed by atoms with Crippen LogP contribution in [0.3, 0.4) is 0 Å². The number of hydrogen-bond donors (Lipinski definition) is 0. The lowest BCUT2D eigenvalue weighted by atomic mass is 9.86. The van der Waals surface area contributed by atoms with Crippen LogP contribution < -0.4 is 19.4 Å². The molecule has 1 aliphatic rings. The molecule has 0 radical (unpaired) electrons. The second kappa shape index (κ2) is 16.2. The first-order valence-corrected chi connectivity index (χ1v) is 23.6. The number of nitrogens with zero attached hydrogens (tertiary/aromatic N) is 5. The second-order valence-corrected chi connectivity index (χ2v) is 20.7. The molecule has 7 heteroatoms. The van der Waals surface area contributed by atoms with Gasteiger partial charge in [0.25, 0.3) is 0 Å². The van der Waals surface area contributed by atoms with Crippen LogP contribution in [-0.4, -0.2) is 28.0 Å². The van der Waals surface area contributed by atoms with Gasteiger partial charge in [0.2, 0.25) is 0 Å². The molecule has 0 bridgehead atoms. The zero-order chi connectivity index (χ0) is 42.4. The Morgan fingerprint density at radius 2 is 0.869 bits per heavy atom. The summed E-state index contributed by atoms with van der Waals surface area (Å²) in [5.74, 6) is 2.39. The highest BCUT2D eigenvalue weighted by Gasteiger charge is 2.55. The molecule has 61 heavy (non-hydrogen) atoms. The third kappa shape index (κ3) is 7.10. The largest absolute Gasteiger partial charge is 0.516 e. The Balaban J connectivity index is 1.20. The Kier molecular flexibility index (Phi) is 10.6. The van der Waals surface area contributed by atoms with E-state index in [-0.39, 0.29) is 0 Å². The molecular weight excluding hydrogens is 763 g/mol. The van der Waals surface area contributed by atoms with Gasteiger partial charge in [0, 0.05) is 39.6 Å². The number of hydrogen-bond acceptors (Lipinski definition) is 4. The number of aromatic nitrogens is 4. The Labute approximate surface area is 362 Å². The molecule has 6 nitrogen and oxygen atoms in total. The lowest BCUT2D eigenvalue weighted by molar-refractivity contribution is 0.587. The van der Waals surface area contributed by atoms with Crippen molar-refractivity contribution in [2.45, 2.75) is 79.1 Å². The van der Waals surface area contributed by atoms with Crippen LogP contribution in [0.25, 0.3) is 33.6 Å². The van der Waals surface area contributed by atoms with Crippen molar-refractivity contribution in [1.29, 1.82) is 0 Å². The smallest absolute Gasteiger partial charge is 0.433 e. The minimum Gasteiger partial charge on any atom is -0.516 e. The van der Waals surface area contributed by atoms with Crippen LogP contribution in [0, 0.1) is 0 Å². The predicted molar refractivity (Wildman–Crippen MR) is 255 cm³/mol. The molecule has 0 fully saturated rings. The fourth-order valence-electron chi connectivity index (χ4n) is 9.21. The molecule has 6 aromatic carbocycles. The van der Waals surface area contributed by atoms with E-state index in [0.717, 1.165) is 50.0 Å². The van der Waals surface area contributed by atoms with E-state index in [1.807, 2.05) is 21.8 Å². The van der Waals surface area contributed by atoms with E-state index in [1.165, 1.54) is 33.4 Å². The summed E-state index contributed by atoms with van der Waals surface area (Å²) in [6, 6.07) is 50.2. The first-order valence-electron chi connectivity index (χ1n) is 21.8. The third-order valence-electron chi connectivity index (χ3n) is 12.2. The predicted octanol–water partition coefficient (Wildman–Crippen LogP) is 12.7. The van der Waals surface area contributed by atoms with E-state index >= 15 is 0 Å². The monoisotopic (exact) mass is 817 g/mol. The van der Waals surface area contributed by atoms with Gasteiger partial charge in [-0.1, -0.05) is 159 Å². The van der Waals surface area contributed by atoms with Crippen molar-refractivity contribution in [3.8, 4) is 39.4 Å². The molecule has 8 aromatic rings. The summed E-state index contributed by atoms with van der Waals surface area (Å²) in [6.45, 7) is 18.2. The van der Waals surface area contributed by atoms with Gasteiger partial charge in [-0.3, -0.25) is 0 Å². The van der Waals surface area contributed by atoms with Crippen LogP contribution in [0.15, 0.2) is 164 Å². The van der Waals surface area contributed by atoms with Crippen molar-refractivity contribution in [1.82, 2.24) is 19.6 Å². The molecule has 0 saturated heterocycles. The Hall–Kier alpha value is -6.44. The molecule has 1 aliphatic heterocycles. The van der Waals surface area contributed by atoms with Gasteiger partial charge < -0.3 is 8.99 Å².